The number of carbonyl (C=O) groups is 1. The van der Waals surface area contributed by atoms with Crippen LogP contribution in [-0.4, -0.2) is 25.8 Å². The summed E-state index contributed by atoms with van der Waals surface area (Å²) in [5.74, 6) is 0.610. The van der Waals surface area contributed by atoms with Gasteiger partial charge in [0.15, 0.2) is 5.82 Å². The highest BCUT2D eigenvalue weighted by molar-refractivity contribution is 7.11. The number of carbonyl (C=O) groups excluding carboxylic acids is 1. The molecule has 1 N–H and O–H groups in total. The van der Waals surface area contributed by atoms with Crippen molar-refractivity contribution in [2.75, 3.05) is 0 Å². The molecule has 1 aliphatic rings. The summed E-state index contributed by atoms with van der Waals surface area (Å²) in [6, 6.07) is 3.70. The van der Waals surface area contributed by atoms with Crippen LogP contribution in [0, 0.1) is 12.3 Å². The van der Waals surface area contributed by atoms with Gasteiger partial charge in [0.2, 0.25) is 0 Å². The number of fused-ring (bicyclic) bond motifs is 1. The van der Waals surface area contributed by atoms with E-state index in [1.165, 1.54) is 11.3 Å². The molecule has 138 valence electrons. The van der Waals surface area contributed by atoms with Gasteiger partial charge in [0, 0.05) is 29.7 Å². The van der Waals surface area contributed by atoms with Gasteiger partial charge in [0.25, 0.3) is 5.91 Å². The summed E-state index contributed by atoms with van der Waals surface area (Å²) in [5, 5.41) is 3.17. The molecule has 0 saturated carbocycles. The number of nitrogens with zero attached hydrogens (tertiary/aromatic N) is 4. The van der Waals surface area contributed by atoms with E-state index in [1.807, 2.05) is 25.3 Å². The van der Waals surface area contributed by atoms with Crippen LogP contribution in [-0.2, 0) is 6.42 Å². The van der Waals surface area contributed by atoms with Crippen molar-refractivity contribution >= 4 is 17.2 Å². The maximum absolute atomic E-state index is 12.7. The van der Waals surface area contributed by atoms with Crippen LogP contribution in [0.25, 0.3) is 11.4 Å². The molecule has 1 unspecified atom stereocenters. The fraction of sp³-hybridized carbons (Fsp3) is 0.350. The van der Waals surface area contributed by atoms with Crippen molar-refractivity contribution in [3.05, 3.63) is 58.1 Å². The third kappa shape index (κ3) is 3.60. The van der Waals surface area contributed by atoms with Crippen molar-refractivity contribution in [1.82, 2.24) is 25.3 Å². The third-order valence-corrected chi connectivity index (χ3v) is 5.80. The summed E-state index contributed by atoms with van der Waals surface area (Å²) in [4.78, 5) is 31.0. The van der Waals surface area contributed by atoms with Gasteiger partial charge in [-0.25, -0.2) is 15.0 Å². The van der Waals surface area contributed by atoms with Crippen LogP contribution in [0.3, 0.4) is 0 Å². The Labute approximate surface area is 162 Å². The highest BCUT2D eigenvalue weighted by atomic mass is 32.1. The number of hydrogen-bond acceptors (Lipinski definition) is 6. The SMILES string of the molecule is Cc1ncsc1C(=O)NC1CC(C)(C)Cc2nc(-c3ccncc3)ncc21. The minimum absolute atomic E-state index is 0.0392. The lowest BCUT2D eigenvalue weighted by Crippen LogP contribution is -2.37. The van der Waals surface area contributed by atoms with Crippen molar-refractivity contribution in [2.45, 2.75) is 39.7 Å². The summed E-state index contributed by atoms with van der Waals surface area (Å²) < 4.78 is 0. The smallest absolute Gasteiger partial charge is 0.263 e. The molecule has 3 aromatic rings. The second-order valence-electron chi connectivity index (χ2n) is 7.67. The zero-order valence-electron chi connectivity index (χ0n) is 15.6. The van der Waals surface area contributed by atoms with Gasteiger partial charge >= 0.3 is 0 Å². The Morgan fingerprint density at radius 3 is 2.74 bits per heavy atom. The monoisotopic (exact) mass is 379 g/mol. The molecule has 0 saturated heterocycles. The van der Waals surface area contributed by atoms with E-state index in [9.17, 15) is 4.79 Å². The van der Waals surface area contributed by atoms with Crippen LogP contribution in [0.2, 0.25) is 0 Å². The molecule has 1 amide bonds. The number of rotatable bonds is 3. The quantitative estimate of drug-likeness (QED) is 0.750. The van der Waals surface area contributed by atoms with Gasteiger partial charge in [-0.05, 0) is 37.3 Å². The maximum atomic E-state index is 12.7. The molecular formula is C20H21N5OS. The van der Waals surface area contributed by atoms with Crippen LogP contribution >= 0.6 is 11.3 Å². The van der Waals surface area contributed by atoms with E-state index in [0.717, 1.165) is 35.4 Å². The molecule has 6 nitrogen and oxygen atoms in total. The predicted molar refractivity (Wildman–Crippen MR) is 104 cm³/mol. The van der Waals surface area contributed by atoms with Gasteiger partial charge in [-0.1, -0.05) is 13.8 Å². The number of hydrogen-bond donors (Lipinski definition) is 1. The molecular weight excluding hydrogens is 358 g/mol. The fourth-order valence-electron chi connectivity index (χ4n) is 3.56. The van der Waals surface area contributed by atoms with Gasteiger partial charge in [-0.2, -0.15) is 0 Å². The van der Waals surface area contributed by atoms with Gasteiger partial charge in [-0.15, -0.1) is 11.3 Å². The van der Waals surface area contributed by atoms with Crippen LogP contribution < -0.4 is 5.32 Å². The standard InChI is InChI=1S/C20H21N5OS/c1-12-17(27-11-23-12)19(26)25-16-9-20(2,3)8-15-14(16)10-22-18(24-15)13-4-6-21-7-5-13/h4-7,10-11,16H,8-9H2,1-3H3,(H,25,26). The number of aryl methyl sites for hydroxylation is 1. The predicted octanol–water partition coefficient (Wildman–Crippen LogP) is 3.75. The first-order chi connectivity index (χ1) is 12.9. The summed E-state index contributed by atoms with van der Waals surface area (Å²) in [7, 11) is 0. The van der Waals surface area contributed by atoms with Gasteiger partial charge < -0.3 is 5.32 Å². The molecule has 0 radical (unpaired) electrons. The molecule has 1 aliphatic carbocycles. The number of aromatic nitrogens is 4. The number of nitrogens with one attached hydrogen (secondary N) is 1. The highest BCUT2D eigenvalue weighted by Crippen LogP contribution is 2.40. The van der Waals surface area contributed by atoms with Crippen LogP contribution in [0.15, 0.2) is 36.2 Å². The average molecular weight is 379 g/mol. The Morgan fingerprint density at radius 2 is 2.04 bits per heavy atom. The summed E-state index contributed by atoms with van der Waals surface area (Å²) in [6.45, 7) is 6.27. The van der Waals surface area contributed by atoms with E-state index >= 15 is 0 Å². The number of amides is 1. The molecule has 7 heteroatoms. The van der Waals surface area contributed by atoms with Crippen LogP contribution in [0.4, 0.5) is 0 Å². The third-order valence-electron chi connectivity index (χ3n) is 4.87. The van der Waals surface area contributed by atoms with Crippen molar-refractivity contribution in [3.63, 3.8) is 0 Å². The van der Waals surface area contributed by atoms with E-state index < -0.39 is 0 Å². The Balaban J connectivity index is 1.67. The Kier molecular flexibility index (Phi) is 4.47. The van der Waals surface area contributed by atoms with Gasteiger partial charge in [0.05, 0.1) is 22.9 Å². The summed E-state index contributed by atoms with van der Waals surface area (Å²) >= 11 is 1.37. The van der Waals surface area contributed by atoms with Crippen LogP contribution in [0.1, 0.15) is 52.9 Å². The zero-order valence-corrected chi connectivity index (χ0v) is 16.4. The molecule has 1 atom stereocenters. The highest BCUT2D eigenvalue weighted by Gasteiger charge is 2.35. The first-order valence-corrected chi connectivity index (χ1v) is 9.78. The lowest BCUT2D eigenvalue weighted by Gasteiger charge is -2.36. The van der Waals surface area contributed by atoms with Crippen molar-refractivity contribution in [2.24, 2.45) is 5.41 Å². The first-order valence-electron chi connectivity index (χ1n) is 8.90. The fourth-order valence-corrected chi connectivity index (χ4v) is 4.27. The Hall–Kier alpha value is -2.67. The van der Waals surface area contributed by atoms with E-state index in [1.54, 1.807) is 17.9 Å². The lowest BCUT2D eigenvalue weighted by molar-refractivity contribution is 0.0922. The molecule has 3 heterocycles. The molecule has 3 aromatic heterocycles. The van der Waals surface area contributed by atoms with Crippen molar-refractivity contribution in [1.29, 1.82) is 0 Å². The lowest BCUT2D eigenvalue weighted by atomic mass is 9.74. The number of pyridine rings is 1. The normalized spacial score (nSPS) is 18.0. The largest absolute Gasteiger partial charge is 0.344 e. The first kappa shape index (κ1) is 17.7. The van der Waals surface area contributed by atoms with Gasteiger partial charge in [-0.3, -0.25) is 9.78 Å². The van der Waals surface area contributed by atoms with E-state index in [4.69, 9.17) is 4.98 Å². The topological polar surface area (TPSA) is 80.7 Å². The van der Waals surface area contributed by atoms with Crippen LogP contribution in [0.5, 0.6) is 0 Å². The van der Waals surface area contributed by atoms with Crippen molar-refractivity contribution < 1.29 is 4.79 Å². The molecule has 0 spiro atoms. The minimum atomic E-state index is -0.107. The van der Waals surface area contributed by atoms with Gasteiger partial charge in [0.1, 0.15) is 4.88 Å². The molecule has 27 heavy (non-hydrogen) atoms. The molecule has 0 aromatic carbocycles. The Morgan fingerprint density at radius 1 is 1.26 bits per heavy atom. The zero-order chi connectivity index (χ0) is 19.0. The van der Waals surface area contributed by atoms with E-state index in [2.05, 4.69) is 34.1 Å². The maximum Gasteiger partial charge on any atom is 0.263 e. The summed E-state index contributed by atoms with van der Waals surface area (Å²) in [5.41, 5.74) is 5.45. The van der Waals surface area contributed by atoms with E-state index in [0.29, 0.717) is 10.7 Å². The molecule has 4 rings (SSSR count). The minimum Gasteiger partial charge on any atom is -0.344 e. The molecule has 0 bridgehead atoms. The average Bonchev–Trinajstić information content (AvgIpc) is 3.07. The molecule has 0 aliphatic heterocycles. The molecule has 0 fully saturated rings. The Bertz CT molecular complexity index is 983. The second-order valence-corrected chi connectivity index (χ2v) is 8.52. The second kappa shape index (κ2) is 6.81. The van der Waals surface area contributed by atoms with E-state index in [-0.39, 0.29) is 17.4 Å². The van der Waals surface area contributed by atoms with Crippen molar-refractivity contribution in [3.8, 4) is 11.4 Å². The summed E-state index contributed by atoms with van der Waals surface area (Å²) in [6.07, 6.45) is 7.04. The number of thiazole rings is 1.